The van der Waals surface area contributed by atoms with Crippen molar-refractivity contribution in [1.29, 1.82) is 0 Å². The van der Waals surface area contributed by atoms with Crippen molar-refractivity contribution in [3.63, 3.8) is 0 Å². The number of nitrogens with one attached hydrogen (secondary N) is 1. The maximum Gasteiger partial charge on any atom is 0.275 e. The highest BCUT2D eigenvalue weighted by Gasteiger charge is 2.31. The Morgan fingerprint density at radius 3 is 2.29 bits per heavy atom. The number of pyridine rings is 1. The van der Waals surface area contributed by atoms with Crippen LogP contribution in [0, 0.1) is 0 Å². The molecule has 1 heterocycles. The maximum atomic E-state index is 13.0. The Hall–Kier alpha value is -3.57. The summed E-state index contributed by atoms with van der Waals surface area (Å²) in [4.78, 5) is 38.3. The monoisotopic (exact) mass is 504 g/mol. The third-order valence-electron chi connectivity index (χ3n) is 5.73. The molecule has 1 aromatic heterocycles. The van der Waals surface area contributed by atoms with Gasteiger partial charge in [-0.3, -0.25) is 23.3 Å². The molecule has 0 radical (unpaired) electrons. The van der Waals surface area contributed by atoms with Crippen LogP contribution in [0.3, 0.4) is 0 Å². The largest absolute Gasteiger partial charge is 0.506 e. The topological polar surface area (TPSA) is 143 Å². The van der Waals surface area contributed by atoms with Crippen molar-refractivity contribution in [2.75, 3.05) is 12.0 Å². The van der Waals surface area contributed by atoms with E-state index >= 15 is 0 Å². The number of carbonyl (C=O) groups excluding carboxylic acids is 2. The van der Waals surface area contributed by atoms with Crippen LogP contribution < -0.4 is 10.9 Å². The molecule has 0 aliphatic rings. The number of nitrogens with zero attached hydrogens (tertiary/aromatic N) is 1. The average molecular weight is 505 g/mol. The molecule has 3 aromatic rings. The average Bonchev–Trinajstić information content (AvgIpc) is 2.80. The number of alkyl halides is 1. The van der Waals surface area contributed by atoms with Gasteiger partial charge >= 0.3 is 0 Å². The summed E-state index contributed by atoms with van der Waals surface area (Å²) in [6, 6.07) is 10.2. The Balaban J connectivity index is 1.96. The Labute approximate surface area is 201 Å². The van der Waals surface area contributed by atoms with E-state index in [0.29, 0.717) is 10.9 Å². The molecule has 3 N–H and O–H groups in total. The Morgan fingerprint density at radius 2 is 1.74 bits per heavy atom. The van der Waals surface area contributed by atoms with Crippen molar-refractivity contribution in [3.05, 3.63) is 69.5 Å². The highest BCUT2D eigenvalue weighted by atomic mass is 32.2. The summed E-state index contributed by atoms with van der Waals surface area (Å²) >= 11 is 0. The minimum absolute atomic E-state index is 0.00653. The van der Waals surface area contributed by atoms with Crippen LogP contribution in [0.5, 0.6) is 5.75 Å². The number of amides is 1. The molecule has 0 saturated heterocycles. The molecular weight excluding hydrogens is 479 g/mol. The molecule has 2 aromatic carbocycles. The molecular formula is C24H25FN2O7S. The first-order valence-electron chi connectivity index (χ1n) is 10.7. The summed E-state index contributed by atoms with van der Waals surface area (Å²) in [5, 5.41) is 11.8. The molecule has 0 bridgehead atoms. The number of carbonyl (C=O) groups is 2. The minimum atomic E-state index is -4.81. The summed E-state index contributed by atoms with van der Waals surface area (Å²) in [6.07, 6.45) is -0.695. The first-order valence-corrected chi connectivity index (χ1v) is 12.2. The number of aromatic hydroxyl groups is 1. The van der Waals surface area contributed by atoms with Gasteiger partial charge in [0, 0.05) is 30.1 Å². The summed E-state index contributed by atoms with van der Waals surface area (Å²) in [7, 11) is -3.31. The van der Waals surface area contributed by atoms with Crippen molar-refractivity contribution in [1.82, 2.24) is 4.57 Å². The Bertz CT molecular complexity index is 1460. The molecule has 1 amide bonds. The lowest BCUT2D eigenvalue weighted by Crippen LogP contribution is -2.30. The van der Waals surface area contributed by atoms with Crippen LogP contribution in [0.25, 0.3) is 10.9 Å². The van der Waals surface area contributed by atoms with Crippen LogP contribution in [0.1, 0.15) is 52.5 Å². The number of Topliss-reactive ketones (excluding diaryl/α,β-unsaturated/α-hetero) is 1. The highest BCUT2D eigenvalue weighted by molar-refractivity contribution is 7.87. The van der Waals surface area contributed by atoms with Gasteiger partial charge in [0.15, 0.2) is 11.0 Å². The standard InChI is InChI=1S/C24H25FN2O7S/c1-13(2)16-5-4-6-17-19(16)22(29)20(24(31)27(17)3)23(30)26-15-9-7-14(8-10-15)21(28)18(11-12-25)35(32,33)34/h4-10,13,18,29H,11-12H2,1-3H3,(H,26,30)(H,32,33,34). The molecule has 1 unspecified atom stereocenters. The molecule has 35 heavy (non-hydrogen) atoms. The van der Waals surface area contributed by atoms with Gasteiger partial charge in [-0.1, -0.05) is 26.0 Å². The quantitative estimate of drug-likeness (QED) is 0.315. The molecule has 9 nitrogen and oxygen atoms in total. The zero-order chi connectivity index (χ0) is 26.1. The smallest absolute Gasteiger partial charge is 0.275 e. The number of aryl methyl sites for hydroxylation is 1. The first-order chi connectivity index (χ1) is 16.4. The number of rotatable bonds is 8. The van der Waals surface area contributed by atoms with E-state index < -0.39 is 57.0 Å². The van der Waals surface area contributed by atoms with Crippen molar-refractivity contribution >= 4 is 38.4 Å². The lowest BCUT2D eigenvalue weighted by molar-refractivity contribution is 0.0977. The summed E-state index contributed by atoms with van der Waals surface area (Å²) in [5.74, 6) is -2.31. The number of hydrogen-bond acceptors (Lipinski definition) is 6. The zero-order valence-electron chi connectivity index (χ0n) is 19.3. The van der Waals surface area contributed by atoms with Crippen LogP contribution in [-0.4, -0.2) is 46.3 Å². The molecule has 1 atom stereocenters. The van der Waals surface area contributed by atoms with E-state index in [2.05, 4.69) is 5.32 Å². The molecule has 0 aliphatic heterocycles. The highest BCUT2D eigenvalue weighted by Crippen LogP contribution is 2.33. The zero-order valence-corrected chi connectivity index (χ0v) is 20.1. The van der Waals surface area contributed by atoms with E-state index in [4.69, 9.17) is 0 Å². The molecule has 11 heteroatoms. The first kappa shape index (κ1) is 26.0. The lowest BCUT2D eigenvalue weighted by atomic mass is 9.96. The van der Waals surface area contributed by atoms with Gasteiger partial charge in [-0.05, 0) is 41.8 Å². The van der Waals surface area contributed by atoms with Crippen LogP contribution >= 0.6 is 0 Å². The molecule has 0 spiro atoms. The van der Waals surface area contributed by atoms with Gasteiger partial charge in [0.1, 0.15) is 11.3 Å². The van der Waals surface area contributed by atoms with E-state index in [1.165, 1.54) is 35.9 Å². The lowest BCUT2D eigenvalue weighted by Gasteiger charge is -2.16. The number of halogens is 1. The van der Waals surface area contributed by atoms with E-state index in [9.17, 15) is 36.9 Å². The van der Waals surface area contributed by atoms with Gasteiger partial charge in [0.2, 0.25) is 0 Å². The third kappa shape index (κ3) is 5.10. The normalized spacial score (nSPS) is 12.6. The molecule has 186 valence electrons. The predicted molar refractivity (Wildman–Crippen MR) is 130 cm³/mol. The SMILES string of the molecule is CC(C)c1cccc2c1c(O)c(C(=O)Nc1ccc(C(=O)C(CCF)S(=O)(=O)O)cc1)c(=O)n2C. The van der Waals surface area contributed by atoms with E-state index in [-0.39, 0.29) is 17.2 Å². The van der Waals surface area contributed by atoms with Crippen molar-refractivity contribution in [3.8, 4) is 5.75 Å². The van der Waals surface area contributed by atoms with E-state index in [1.54, 1.807) is 18.2 Å². The number of anilines is 1. The fourth-order valence-corrected chi connectivity index (χ4v) is 4.69. The Kier molecular flexibility index (Phi) is 7.41. The number of benzene rings is 2. The second kappa shape index (κ2) is 9.96. The number of ketones is 1. The molecule has 0 aliphatic carbocycles. The van der Waals surface area contributed by atoms with E-state index in [0.717, 1.165) is 5.56 Å². The van der Waals surface area contributed by atoms with Gasteiger partial charge in [-0.15, -0.1) is 0 Å². The van der Waals surface area contributed by atoms with Crippen LogP contribution in [-0.2, 0) is 17.2 Å². The fraction of sp³-hybridized carbons (Fsp3) is 0.292. The fourth-order valence-electron chi connectivity index (χ4n) is 3.90. The summed E-state index contributed by atoms with van der Waals surface area (Å²) < 4.78 is 46.0. The summed E-state index contributed by atoms with van der Waals surface area (Å²) in [5.41, 5.74) is 0.100. The molecule has 0 saturated carbocycles. The van der Waals surface area contributed by atoms with Crippen LogP contribution in [0.4, 0.5) is 10.1 Å². The maximum absolute atomic E-state index is 13.0. The van der Waals surface area contributed by atoms with Crippen LogP contribution in [0.2, 0.25) is 0 Å². The summed E-state index contributed by atoms with van der Waals surface area (Å²) in [6.45, 7) is 2.72. The van der Waals surface area contributed by atoms with Gasteiger partial charge in [0.25, 0.3) is 21.6 Å². The number of fused-ring (bicyclic) bond motifs is 1. The molecule has 0 fully saturated rings. The third-order valence-corrected chi connectivity index (χ3v) is 6.90. The van der Waals surface area contributed by atoms with Gasteiger partial charge in [-0.2, -0.15) is 8.42 Å². The number of hydrogen-bond donors (Lipinski definition) is 3. The van der Waals surface area contributed by atoms with Gasteiger partial charge in [-0.25, -0.2) is 0 Å². The second-order valence-electron chi connectivity index (χ2n) is 8.36. The van der Waals surface area contributed by atoms with Crippen LogP contribution in [0.15, 0.2) is 47.3 Å². The number of aromatic nitrogens is 1. The van der Waals surface area contributed by atoms with Crippen molar-refractivity contribution in [2.24, 2.45) is 7.05 Å². The van der Waals surface area contributed by atoms with Gasteiger partial charge in [0.05, 0.1) is 12.2 Å². The Morgan fingerprint density at radius 1 is 1.11 bits per heavy atom. The predicted octanol–water partition coefficient (Wildman–Crippen LogP) is 3.42. The molecule has 3 rings (SSSR count). The van der Waals surface area contributed by atoms with Crippen molar-refractivity contribution in [2.45, 2.75) is 31.4 Å². The van der Waals surface area contributed by atoms with Gasteiger partial charge < -0.3 is 15.0 Å². The minimum Gasteiger partial charge on any atom is -0.506 e. The second-order valence-corrected chi connectivity index (χ2v) is 9.96. The van der Waals surface area contributed by atoms with Crippen molar-refractivity contribution < 1.29 is 32.1 Å². The van der Waals surface area contributed by atoms with E-state index in [1.807, 2.05) is 13.8 Å².